The van der Waals surface area contributed by atoms with Crippen LogP contribution in [0.1, 0.15) is 43.2 Å². The molecule has 3 nitrogen and oxygen atoms in total. The number of amides is 2. The molecule has 0 aliphatic rings. The second-order valence-corrected chi connectivity index (χ2v) is 5.70. The van der Waals surface area contributed by atoms with E-state index in [4.69, 9.17) is 0 Å². The smallest absolute Gasteiger partial charge is 0.314 e. The van der Waals surface area contributed by atoms with Gasteiger partial charge in [-0.3, -0.25) is 0 Å². The second kappa shape index (κ2) is 9.67. The lowest BCUT2D eigenvalue weighted by Gasteiger charge is -2.18. The molecule has 0 unspecified atom stereocenters. The maximum absolute atomic E-state index is 11.8. The summed E-state index contributed by atoms with van der Waals surface area (Å²) in [7, 11) is 0. The van der Waals surface area contributed by atoms with Crippen LogP contribution < -0.4 is 10.6 Å². The van der Waals surface area contributed by atoms with Gasteiger partial charge in [-0.15, -0.1) is 0 Å². The average molecular weight is 310 g/mol. The predicted molar refractivity (Wildman–Crippen MR) is 95.7 cm³/mol. The Bertz CT molecular complexity index is 529. The van der Waals surface area contributed by atoms with Crippen molar-refractivity contribution in [1.82, 2.24) is 10.6 Å². The molecule has 122 valence electrons. The average Bonchev–Trinajstić information content (AvgIpc) is 2.60. The molecule has 0 aliphatic heterocycles. The zero-order chi connectivity index (χ0) is 16.3. The Labute approximate surface area is 139 Å². The molecular formula is C20H26N2O. The highest BCUT2D eigenvalue weighted by Crippen LogP contribution is 2.27. The van der Waals surface area contributed by atoms with Gasteiger partial charge in [-0.2, -0.15) is 0 Å². The van der Waals surface area contributed by atoms with Gasteiger partial charge in [0.15, 0.2) is 0 Å². The van der Waals surface area contributed by atoms with Gasteiger partial charge >= 0.3 is 6.03 Å². The van der Waals surface area contributed by atoms with E-state index >= 15 is 0 Å². The van der Waals surface area contributed by atoms with E-state index in [9.17, 15) is 4.79 Å². The minimum absolute atomic E-state index is 0.0710. The maximum atomic E-state index is 11.8. The minimum atomic E-state index is -0.0710. The summed E-state index contributed by atoms with van der Waals surface area (Å²) in [6.45, 7) is 3.51. The molecule has 0 spiro atoms. The summed E-state index contributed by atoms with van der Waals surface area (Å²) in [6, 6.07) is 20.9. The third-order valence-corrected chi connectivity index (χ3v) is 3.94. The molecule has 2 N–H and O–H groups in total. The van der Waals surface area contributed by atoms with Crippen molar-refractivity contribution in [3.8, 4) is 0 Å². The van der Waals surface area contributed by atoms with Gasteiger partial charge < -0.3 is 10.6 Å². The molecule has 0 radical (unpaired) electrons. The molecule has 3 heteroatoms. The first-order valence-electron chi connectivity index (χ1n) is 8.43. The topological polar surface area (TPSA) is 41.1 Å². The molecule has 2 amide bonds. The van der Waals surface area contributed by atoms with Crippen LogP contribution in [0.25, 0.3) is 0 Å². The SMILES string of the molecule is CCCCNC(=O)NCCC(c1ccccc1)c1ccccc1. The van der Waals surface area contributed by atoms with E-state index in [-0.39, 0.29) is 6.03 Å². The molecule has 0 saturated carbocycles. The summed E-state index contributed by atoms with van der Waals surface area (Å²) in [5.41, 5.74) is 2.57. The Morgan fingerprint density at radius 1 is 0.870 bits per heavy atom. The van der Waals surface area contributed by atoms with Crippen LogP contribution in [0, 0.1) is 0 Å². The molecule has 0 fully saturated rings. The normalized spacial score (nSPS) is 10.5. The van der Waals surface area contributed by atoms with Gasteiger partial charge in [0.25, 0.3) is 0 Å². The van der Waals surface area contributed by atoms with Crippen LogP contribution >= 0.6 is 0 Å². The van der Waals surface area contributed by atoms with Crippen LogP contribution in [0.5, 0.6) is 0 Å². The summed E-state index contributed by atoms with van der Waals surface area (Å²) in [5, 5.41) is 5.85. The van der Waals surface area contributed by atoms with Gasteiger partial charge in [0.2, 0.25) is 0 Å². The molecule has 0 atom stereocenters. The van der Waals surface area contributed by atoms with Gasteiger partial charge in [-0.25, -0.2) is 4.79 Å². The number of rotatable bonds is 8. The Balaban J connectivity index is 1.93. The molecule has 0 aromatic heterocycles. The molecule has 2 aromatic rings. The van der Waals surface area contributed by atoms with Gasteiger partial charge in [-0.05, 0) is 24.0 Å². The molecule has 0 saturated heterocycles. The van der Waals surface area contributed by atoms with E-state index in [2.05, 4.69) is 66.1 Å². The van der Waals surface area contributed by atoms with Crippen molar-refractivity contribution in [2.24, 2.45) is 0 Å². The molecule has 0 aliphatic carbocycles. The van der Waals surface area contributed by atoms with E-state index in [1.165, 1.54) is 11.1 Å². The van der Waals surface area contributed by atoms with E-state index in [1.54, 1.807) is 0 Å². The lowest BCUT2D eigenvalue weighted by atomic mass is 9.88. The fourth-order valence-electron chi connectivity index (χ4n) is 2.67. The monoisotopic (exact) mass is 310 g/mol. The highest BCUT2D eigenvalue weighted by Gasteiger charge is 2.13. The number of nitrogens with one attached hydrogen (secondary N) is 2. The third-order valence-electron chi connectivity index (χ3n) is 3.94. The largest absolute Gasteiger partial charge is 0.338 e. The van der Waals surface area contributed by atoms with Crippen molar-refractivity contribution < 1.29 is 4.79 Å². The minimum Gasteiger partial charge on any atom is -0.338 e. The summed E-state index contributed by atoms with van der Waals surface area (Å²) in [6.07, 6.45) is 2.99. The van der Waals surface area contributed by atoms with Gasteiger partial charge in [0, 0.05) is 19.0 Å². The number of hydrogen-bond acceptors (Lipinski definition) is 1. The first-order valence-corrected chi connectivity index (χ1v) is 8.43. The highest BCUT2D eigenvalue weighted by molar-refractivity contribution is 5.73. The maximum Gasteiger partial charge on any atom is 0.314 e. The lowest BCUT2D eigenvalue weighted by molar-refractivity contribution is 0.240. The van der Waals surface area contributed by atoms with E-state index in [1.807, 2.05) is 12.1 Å². The number of urea groups is 1. The number of carbonyl (C=O) groups is 1. The zero-order valence-electron chi connectivity index (χ0n) is 13.8. The number of hydrogen-bond donors (Lipinski definition) is 2. The summed E-state index contributed by atoms with van der Waals surface area (Å²) >= 11 is 0. The highest BCUT2D eigenvalue weighted by atomic mass is 16.2. The second-order valence-electron chi connectivity index (χ2n) is 5.70. The van der Waals surface area contributed by atoms with Gasteiger partial charge in [0.05, 0.1) is 0 Å². The Morgan fingerprint density at radius 3 is 1.91 bits per heavy atom. The van der Waals surface area contributed by atoms with Crippen LogP contribution in [0.3, 0.4) is 0 Å². The Kier molecular flexibility index (Phi) is 7.18. The fourth-order valence-corrected chi connectivity index (χ4v) is 2.67. The molecule has 2 rings (SSSR count). The lowest BCUT2D eigenvalue weighted by Crippen LogP contribution is -2.36. The van der Waals surface area contributed by atoms with Crippen molar-refractivity contribution in [2.45, 2.75) is 32.1 Å². The van der Waals surface area contributed by atoms with Crippen LogP contribution in [-0.2, 0) is 0 Å². The Hall–Kier alpha value is -2.29. The van der Waals surface area contributed by atoms with Crippen molar-refractivity contribution >= 4 is 6.03 Å². The molecule has 23 heavy (non-hydrogen) atoms. The van der Waals surface area contributed by atoms with E-state index in [0.717, 1.165) is 25.8 Å². The van der Waals surface area contributed by atoms with E-state index in [0.29, 0.717) is 12.5 Å². The van der Waals surface area contributed by atoms with Gasteiger partial charge in [0.1, 0.15) is 0 Å². The summed E-state index contributed by atoms with van der Waals surface area (Å²) < 4.78 is 0. The van der Waals surface area contributed by atoms with Crippen LogP contribution in [0.2, 0.25) is 0 Å². The summed E-state index contributed by atoms with van der Waals surface area (Å²) in [4.78, 5) is 11.8. The van der Waals surface area contributed by atoms with Crippen molar-refractivity contribution in [2.75, 3.05) is 13.1 Å². The molecular weight excluding hydrogens is 284 g/mol. The quantitative estimate of drug-likeness (QED) is 0.701. The number of unbranched alkanes of at least 4 members (excludes halogenated alkanes) is 1. The number of benzene rings is 2. The van der Waals surface area contributed by atoms with Crippen molar-refractivity contribution in [3.63, 3.8) is 0 Å². The van der Waals surface area contributed by atoms with Crippen LogP contribution in [0.15, 0.2) is 60.7 Å². The third kappa shape index (κ3) is 5.78. The van der Waals surface area contributed by atoms with Gasteiger partial charge in [-0.1, -0.05) is 74.0 Å². The molecule has 2 aromatic carbocycles. The van der Waals surface area contributed by atoms with Crippen molar-refractivity contribution in [1.29, 1.82) is 0 Å². The van der Waals surface area contributed by atoms with Crippen LogP contribution in [-0.4, -0.2) is 19.1 Å². The fraction of sp³-hybridized carbons (Fsp3) is 0.350. The standard InChI is InChI=1S/C20H26N2O/c1-2-3-15-21-20(23)22-16-14-19(17-10-6-4-7-11-17)18-12-8-5-9-13-18/h4-13,19H,2-3,14-16H2,1H3,(H2,21,22,23). The van der Waals surface area contributed by atoms with E-state index < -0.39 is 0 Å². The molecule has 0 heterocycles. The zero-order valence-corrected chi connectivity index (χ0v) is 13.8. The number of carbonyl (C=O) groups excluding carboxylic acids is 1. The Morgan fingerprint density at radius 2 is 1.39 bits per heavy atom. The first-order chi connectivity index (χ1) is 11.3. The predicted octanol–water partition coefficient (Wildman–Crippen LogP) is 4.31. The summed E-state index contributed by atoms with van der Waals surface area (Å²) in [5.74, 6) is 0.299. The molecule has 0 bridgehead atoms. The van der Waals surface area contributed by atoms with Crippen molar-refractivity contribution in [3.05, 3.63) is 71.8 Å². The van der Waals surface area contributed by atoms with Crippen LogP contribution in [0.4, 0.5) is 4.79 Å². The first kappa shape index (κ1) is 17.1.